The van der Waals surface area contributed by atoms with Crippen molar-refractivity contribution in [3.05, 3.63) is 144 Å². The van der Waals surface area contributed by atoms with Gasteiger partial charge >= 0.3 is 0 Å². The monoisotopic (exact) mass is 588 g/mol. The third kappa shape index (κ3) is 9.13. The summed E-state index contributed by atoms with van der Waals surface area (Å²) in [5.41, 5.74) is 4.33. The zero-order chi connectivity index (χ0) is 31.3. The largest absolute Gasteiger partial charge is 0.343 e. The van der Waals surface area contributed by atoms with Crippen molar-refractivity contribution in [2.75, 3.05) is 41.3 Å². The molecule has 0 heterocycles. The van der Waals surface area contributed by atoms with Crippen LogP contribution in [0.4, 0.5) is 0 Å². The number of amides is 2. The van der Waals surface area contributed by atoms with Crippen molar-refractivity contribution in [2.45, 2.75) is 13.1 Å². The molecule has 0 radical (unpaired) electrons. The molecule has 0 unspecified atom stereocenters. The molecule has 0 atom stereocenters. The van der Waals surface area contributed by atoms with Gasteiger partial charge in [0.25, 0.3) is 11.8 Å². The van der Waals surface area contributed by atoms with Crippen LogP contribution in [-0.2, 0) is 22.7 Å². The van der Waals surface area contributed by atoms with Gasteiger partial charge in [0, 0.05) is 39.3 Å². The molecule has 4 aromatic rings. The molecule has 0 saturated carbocycles. The number of rotatable bonds is 13. The molecule has 0 bridgehead atoms. The minimum absolute atomic E-state index is 0.184. The fraction of sp³-hybridized carbons (Fsp3) is 0.222. The Hall–Kier alpha value is -5.24. The molecule has 8 heteroatoms. The van der Waals surface area contributed by atoms with E-state index in [0.717, 1.165) is 22.3 Å². The Balaban J connectivity index is 1.73. The number of carbonyl (C=O) groups is 2. The molecule has 0 aliphatic heterocycles. The second kappa shape index (κ2) is 15.8. The van der Waals surface area contributed by atoms with Gasteiger partial charge in [-0.3, -0.25) is 19.6 Å². The van der Waals surface area contributed by atoms with E-state index in [0.29, 0.717) is 37.6 Å². The highest BCUT2D eigenvalue weighted by Gasteiger charge is 2.21. The van der Waals surface area contributed by atoms with E-state index in [9.17, 15) is 9.59 Å². The highest BCUT2D eigenvalue weighted by molar-refractivity contribution is 6.45. The van der Waals surface area contributed by atoms with Crippen LogP contribution in [0.3, 0.4) is 0 Å². The standard InChI is InChI=1S/C36H40N6O2/c1-39(2)35(43)33(31-21-13-7-14-22-31)37-41(27-29-17-9-5-10-18-29)25-26-42(28-30-19-11-6-12-20-30)38-34(36(44)40(3)4)32-23-15-8-16-24-32/h5-24H,25-28H2,1-4H3/b37-33-,38-34-. The maximum Gasteiger partial charge on any atom is 0.274 e. The molecule has 44 heavy (non-hydrogen) atoms. The van der Waals surface area contributed by atoms with Crippen molar-refractivity contribution >= 4 is 23.2 Å². The molecular formula is C36H40N6O2. The summed E-state index contributed by atoms with van der Waals surface area (Å²) in [6, 6.07) is 39.1. The van der Waals surface area contributed by atoms with Crippen LogP contribution in [0.1, 0.15) is 22.3 Å². The summed E-state index contributed by atoms with van der Waals surface area (Å²) in [5.74, 6) is -0.368. The van der Waals surface area contributed by atoms with Gasteiger partial charge in [-0.15, -0.1) is 0 Å². The lowest BCUT2D eigenvalue weighted by molar-refractivity contribution is -0.122. The Morgan fingerprint density at radius 1 is 0.477 bits per heavy atom. The molecule has 0 spiro atoms. The smallest absolute Gasteiger partial charge is 0.274 e. The summed E-state index contributed by atoms with van der Waals surface area (Å²) in [4.78, 5) is 29.8. The zero-order valence-corrected chi connectivity index (χ0v) is 25.9. The fourth-order valence-corrected chi connectivity index (χ4v) is 4.49. The summed E-state index contributed by atoms with van der Waals surface area (Å²) in [6.45, 7) is 1.87. The third-order valence-electron chi connectivity index (χ3n) is 6.83. The van der Waals surface area contributed by atoms with Gasteiger partial charge in [-0.05, 0) is 11.1 Å². The maximum atomic E-state index is 13.3. The Bertz CT molecular complexity index is 1420. The van der Waals surface area contributed by atoms with E-state index in [4.69, 9.17) is 10.2 Å². The van der Waals surface area contributed by atoms with Crippen molar-refractivity contribution in [2.24, 2.45) is 10.2 Å². The number of likely N-dealkylation sites (N-methyl/N-ethyl adjacent to an activating group) is 2. The van der Waals surface area contributed by atoms with Crippen molar-refractivity contribution in [3.8, 4) is 0 Å². The van der Waals surface area contributed by atoms with Crippen molar-refractivity contribution in [1.29, 1.82) is 0 Å². The minimum atomic E-state index is -0.184. The lowest BCUT2D eigenvalue weighted by Gasteiger charge is -2.27. The van der Waals surface area contributed by atoms with Crippen LogP contribution >= 0.6 is 0 Å². The van der Waals surface area contributed by atoms with Gasteiger partial charge < -0.3 is 9.80 Å². The van der Waals surface area contributed by atoms with Crippen LogP contribution in [0.5, 0.6) is 0 Å². The third-order valence-corrected chi connectivity index (χ3v) is 6.83. The second-order valence-corrected chi connectivity index (χ2v) is 10.8. The first-order chi connectivity index (χ1) is 21.3. The highest BCUT2D eigenvalue weighted by atomic mass is 16.2. The minimum Gasteiger partial charge on any atom is -0.343 e. The van der Waals surface area contributed by atoms with Crippen molar-refractivity contribution in [1.82, 2.24) is 19.8 Å². The molecular weight excluding hydrogens is 548 g/mol. The highest BCUT2D eigenvalue weighted by Crippen LogP contribution is 2.13. The molecule has 0 aliphatic rings. The van der Waals surface area contributed by atoms with Crippen LogP contribution in [0.25, 0.3) is 0 Å². The summed E-state index contributed by atoms with van der Waals surface area (Å²) >= 11 is 0. The predicted octanol–water partition coefficient (Wildman–Crippen LogP) is 4.98. The SMILES string of the molecule is CN(C)C(=O)/C(=N\N(CCN(Cc1ccccc1)/N=C(\C(=O)N(C)C)c1ccccc1)Cc1ccccc1)c1ccccc1. The normalized spacial score (nSPS) is 11.5. The van der Waals surface area contributed by atoms with E-state index in [2.05, 4.69) is 0 Å². The van der Waals surface area contributed by atoms with E-state index in [1.807, 2.05) is 131 Å². The van der Waals surface area contributed by atoms with Gasteiger partial charge in [0.15, 0.2) is 11.4 Å². The number of hydrogen-bond acceptors (Lipinski definition) is 6. The number of nitrogens with zero attached hydrogens (tertiary/aromatic N) is 6. The average molecular weight is 589 g/mol. The molecule has 4 rings (SSSR count). The summed E-state index contributed by atoms with van der Waals surface area (Å²) in [6.07, 6.45) is 0. The number of hydrogen-bond donors (Lipinski definition) is 0. The van der Waals surface area contributed by atoms with Gasteiger partial charge in [-0.1, -0.05) is 121 Å². The number of hydrazone groups is 2. The zero-order valence-electron chi connectivity index (χ0n) is 25.9. The van der Waals surface area contributed by atoms with Crippen LogP contribution in [-0.4, -0.2) is 84.3 Å². The van der Waals surface area contributed by atoms with Crippen LogP contribution in [0.15, 0.2) is 132 Å². The van der Waals surface area contributed by atoms with Crippen LogP contribution in [0, 0.1) is 0 Å². The van der Waals surface area contributed by atoms with Gasteiger partial charge in [0.05, 0.1) is 26.2 Å². The predicted molar refractivity (Wildman–Crippen MR) is 177 cm³/mol. The first-order valence-corrected chi connectivity index (χ1v) is 14.6. The topological polar surface area (TPSA) is 71.8 Å². The molecule has 226 valence electrons. The van der Waals surface area contributed by atoms with Crippen molar-refractivity contribution < 1.29 is 9.59 Å². The number of benzene rings is 4. The molecule has 0 saturated heterocycles. The van der Waals surface area contributed by atoms with Crippen LogP contribution < -0.4 is 0 Å². The van der Waals surface area contributed by atoms with Gasteiger partial charge in [0.2, 0.25) is 0 Å². The van der Waals surface area contributed by atoms with Crippen LogP contribution in [0.2, 0.25) is 0 Å². The van der Waals surface area contributed by atoms with E-state index in [1.165, 1.54) is 9.80 Å². The Morgan fingerprint density at radius 2 is 0.773 bits per heavy atom. The molecule has 8 nitrogen and oxygen atoms in total. The van der Waals surface area contributed by atoms with Gasteiger partial charge in [-0.2, -0.15) is 10.2 Å². The lowest BCUT2D eigenvalue weighted by Crippen LogP contribution is -2.36. The second-order valence-electron chi connectivity index (χ2n) is 10.8. The molecule has 0 aromatic heterocycles. The molecule has 0 N–H and O–H groups in total. The van der Waals surface area contributed by atoms with Gasteiger partial charge in [0.1, 0.15) is 0 Å². The summed E-state index contributed by atoms with van der Waals surface area (Å²) in [5, 5.41) is 13.7. The van der Waals surface area contributed by atoms with Crippen molar-refractivity contribution in [3.63, 3.8) is 0 Å². The quantitative estimate of drug-likeness (QED) is 0.163. The fourth-order valence-electron chi connectivity index (χ4n) is 4.49. The summed E-state index contributed by atoms with van der Waals surface area (Å²) < 4.78 is 0. The number of carbonyl (C=O) groups excluding carboxylic acids is 2. The maximum absolute atomic E-state index is 13.3. The summed E-state index contributed by atoms with van der Waals surface area (Å²) in [7, 11) is 6.91. The average Bonchev–Trinajstić information content (AvgIpc) is 3.05. The molecule has 4 aromatic carbocycles. The van der Waals surface area contributed by atoms with Gasteiger partial charge in [-0.25, -0.2) is 0 Å². The Kier molecular flexibility index (Phi) is 11.4. The van der Waals surface area contributed by atoms with E-state index in [-0.39, 0.29) is 11.8 Å². The first kappa shape index (κ1) is 31.7. The van der Waals surface area contributed by atoms with E-state index < -0.39 is 0 Å². The molecule has 0 fully saturated rings. The Labute approximate surface area is 260 Å². The van der Waals surface area contributed by atoms with E-state index >= 15 is 0 Å². The molecule has 2 amide bonds. The Morgan fingerprint density at radius 3 is 1.07 bits per heavy atom. The lowest BCUT2D eigenvalue weighted by atomic mass is 10.1. The molecule has 0 aliphatic carbocycles. The van der Waals surface area contributed by atoms with E-state index in [1.54, 1.807) is 28.2 Å². The first-order valence-electron chi connectivity index (χ1n) is 14.6.